The van der Waals surface area contributed by atoms with Crippen LogP contribution in [0.25, 0.3) is 0 Å². The molecular formula is C15H32N2O2. The van der Waals surface area contributed by atoms with E-state index in [2.05, 4.69) is 39.9 Å². The van der Waals surface area contributed by atoms with Gasteiger partial charge < -0.3 is 16.2 Å². The number of nitrogens with two attached hydrogens (primary N) is 1. The molecule has 2 unspecified atom stereocenters. The van der Waals surface area contributed by atoms with Gasteiger partial charge in [0.25, 0.3) is 0 Å². The highest BCUT2D eigenvalue weighted by Gasteiger charge is 2.27. The van der Waals surface area contributed by atoms with Crippen molar-refractivity contribution in [3.05, 3.63) is 0 Å². The quantitative estimate of drug-likeness (QED) is 0.662. The smallest absolute Gasteiger partial charge is 0.224 e. The van der Waals surface area contributed by atoms with Crippen molar-refractivity contribution in [3.8, 4) is 0 Å². The molecule has 0 fully saturated rings. The largest absolute Gasteiger partial charge is 0.388 e. The Labute approximate surface area is 118 Å². The van der Waals surface area contributed by atoms with Crippen LogP contribution in [0.15, 0.2) is 0 Å². The monoisotopic (exact) mass is 272 g/mol. The van der Waals surface area contributed by atoms with E-state index in [9.17, 15) is 9.90 Å². The molecule has 0 bridgehead atoms. The number of amides is 1. The Morgan fingerprint density at radius 2 is 1.74 bits per heavy atom. The molecule has 0 rings (SSSR count). The zero-order chi connectivity index (χ0) is 15.3. The molecule has 0 aliphatic carbocycles. The first kappa shape index (κ1) is 18.4. The summed E-state index contributed by atoms with van der Waals surface area (Å²) in [7, 11) is 0. The average molecular weight is 272 g/mol. The lowest BCUT2D eigenvalue weighted by Gasteiger charge is -2.28. The number of nitrogens with one attached hydrogen (secondary N) is 1. The van der Waals surface area contributed by atoms with E-state index in [4.69, 9.17) is 5.73 Å². The molecule has 4 heteroatoms. The Bertz CT molecular complexity index is 280. The minimum atomic E-state index is -0.856. The van der Waals surface area contributed by atoms with E-state index in [1.54, 1.807) is 6.92 Å². The second kappa shape index (κ2) is 7.25. The van der Waals surface area contributed by atoms with E-state index in [0.717, 1.165) is 6.42 Å². The maximum absolute atomic E-state index is 12.1. The summed E-state index contributed by atoms with van der Waals surface area (Å²) in [6.45, 7) is 12.8. The van der Waals surface area contributed by atoms with Gasteiger partial charge in [0, 0.05) is 13.1 Å². The second-order valence-electron chi connectivity index (χ2n) is 7.51. The highest BCUT2D eigenvalue weighted by molar-refractivity contribution is 5.79. The zero-order valence-electron chi connectivity index (χ0n) is 13.4. The summed E-state index contributed by atoms with van der Waals surface area (Å²) < 4.78 is 0. The summed E-state index contributed by atoms with van der Waals surface area (Å²) in [4.78, 5) is 12.1. The summed E-state index contributed by atoms with van der Waals surface area (Å²) >= 11 is 0. The van der Waals surface area contributed by atoms with Crippen LogP contribution in [0.3, 0.4) is 0 Å². The van der Waals surface area contributed by atoms with Crippen LogP contribution >= 0.6 is 0 Å². The number of hydrogen-bond donors (Lipinski definition) is 3. The normalized spacial score (nSPS) is 17.1. The summed E-state index contributed by atoms with van der Waals surface area (Å²) in [5, 5.41) is 13.0. The molecular weight excluding hydrogens is 240 g/mol. The van der Waals surface area contributed by atoms with E-state index in [1.165, 1.54) is 0 Å². The van der Waals surface area contributed by atoms with Crippen molar-refractivity contribution in [1.29, 1.82) is 0 Å². The molecule has 2 atom stereocenters. The summed E-state index contributed by atoms with van der Waals surface area (Å²) in [5.41, 5.74) is 4.89. The average Bonchev–Trinajstić information content (AvgIpc) is 2.19. The number of hydrogen-bond acceptors (Lipinski definition) is 3. The minimum absolute atomic E-state index is 0.0542. The van der Waals surface area contributed by atoms with Gasteiger partial charge in [0.15, 0.2) is 0 Å². The van der Waals surface area contributed by atoms with Gasteiger partial charge in [-0.2, -0.15) is 0 Å². The van der Waals surface area contributed by atoms with Crippen LogP contribution in [0.1, 0.15) is 54.4 Å². The molecule has 114 valence electrons. The van der Waals surface area contributed by atoms with Crippen molar-refractivity contribution in [1.82, 2.24) is 5.32 Å². The van der Waals surface area contributed by atoms with Gasteiger partial charge in [0.05, 0.1) is 11.5 Å². The van der Waals surface area contributed by atoms with E-state index in [-0.39, 0.29) is 23.8 Å². The van der Waals surface area contributed by atoms with E-state index >= 15 is 0 Å². The highest BCUT2D eigenvalue weighted by Crippen LogP contribution is 2.24. The molecule has 4 N–H and O–H groups in total. The zero-order valence-corrected chi connectivity index (χ0v) is 13.4. The Morgan fingerprint density at radius 1 is 1.21 bits per heavy atom. The van der Waals surface area contributed by atoms with Crippen molar-refractivity contribution in [2.24, 2.45) is 23.0 Å². The van der Waals surface area contributed by atoms with Crippen LogP contribution in [-0.2, 0) is 4.79 Å². The third-order valence-corrected chi connectivity index (χ3v) is 3.01. The molecule has 19 heavy (non-hydrogen) atoms. The van der Waals surface area contributed by atoms with Crippen molar-refractivity contribution in [3.63, 3.8) is 0 Å². The van der Waals surface area contributed by atoms with Crippen LogP contribution < -0.4 is 11.1 Å². The molecule has 4 nitrogen and oxygen atoms in total. The molecule has 0 radical (unpaired) electrons. The molecule has 0 aromatic carbocycles. The third-order valence-electron chi connectivity index (χ3n) is 3.01. The van der Waals surface area contributed by atoms with E-state index in [0.29, 0.717) is 18.9 Å². The van der Waals surface area contributed by atoms with E-state index < -0.39 is 5.60 Å². The molecule has 1 amide bonds. The summed E-state index contributed by atoms with van der Waals surface area (Å²) in [6, 6.07) is 0. The summed E-state index contributed by atoms with van der Waals surface area (Å²) in [6.07, 6.45) is 1.42. The molecule has 0 aromatic heterocycles. The highest BCUT2D eigenvalue weighted by atomic mass is 16.3. The number of rotatable bonds is 7. The topological polar surface area (TPSA) is 75.3 Å². The van der Waals surface area contributed by atoms with Gasteiger partial charge in [-0.25, -0.2) is 0 Å². The van der Waals surface area contributed by atoms with Crippen molar-refractivity contribution >= 4 is 5.91 Å². The Kier molecular flexibility index (Phi) is 7.01. The van der Waals surface area contributed by atoms with Crippen molar-refractivity contribution in [2.45, 2.75) is 60.0 Å². The van der Waals surface area contributed by atoms with Crippen LogP contribution in [0.5, 0.6) is 0 Å². The van der Waals surface area contributed by atoms with E-state index in [1.807, 2.05) is 0 Å². The predicted octanol–water partition coefficient (Wildman–Crippen LogP) is 1.91. The fourth-order valence-electron chi connectivity index (χ4n) is 2.40. The lowest BCUT2D eigenvalue weighted by molar-refractivity contribution is -0.126. The predicted molar refractivity (Wildman–Crippen MR) is 79.7 cm³/mol. The number of aliphatic hydroxyl groups is 1. The fourth-order valence-corrected chi connectivity index (χ4v) is 2.40. The molecule has 0 saturated heterocycles. The van der Waals surface area contributed by atoms with Gasteiger partial charge in [0.1, 0.15) is 0 Å². The molecule has 0 aromatic rings. The first-order valence-electron chi connectivity index (χ1n) is 7.17. The Hall–Kier alpha value is -0.610. The molecule has 0 aliphatic rings. The third kappa shape index (κ3) is 9.00. The van der Waals surface area contributed by atoms with Gasteiger partial charge in [-0.3, -0.25) is 4.79 Å². The molecule has 0 spiro atoms. The van der Waals surface area contributed by atoms with Crippen LogP contribution in [0.4, 0.5) is 0 Å². The molecule has 0 aliphatic heterocycles. The summed E-state index contributed by atoms with van der Waals surface area (Å²) in [5.74, 6) is 0.156. The Morgan fingerprint density at radius 3 is 2.11 bits per heavy atom. The minimum Gasteiger partial charge on any atom is -0.388 e. The maximum atomic E-state index is 12.1. The van der Waals surface area contributed by atoms with Gasteiger partial charge >= 0.3 is 0 Å². The van der Waals surface area contributed by atoms with Gasteiger partial charge in [-0.1, -0.05) is 34.6 Å². The SMILES string of the molecule is CC(C)CC(C)(O)CNC(=O)C(CN)CC(C)(C)C. The second-order valence-corrected chi connectivity index (χ2v) is 7.51. The lowest BCUT2D eigenvalue weighted by atomic mass is 9.84. The van der Waals surface area contributed by atoms with Crippen molar-refractivity contribution in [2.75, 3.05) is 13.1 Å². The first-order chi connectivity index (χ1) is 8.47. The van der Waals surface area contributed by atoms with Crippen LogP contribution in [-0.4, -0.2) is 29.7 Å². The van der Waals surface area contributed by atoms with Crippen molar-refractivity contribution < 1.29 is 9.90 Å². The maximum Gasteiger partial charge on any atom is 0.224 e. The van der Waals surface area contributed by atoms with Gasteiger partial charge in [-0.05, 0) is 31.1 Å². The molecule has 0 heterocycles. The first-order valence-corrected chi connectivity index (χ1v) is 7.17. The van der Waals surface area contributed by atoms with Crippen LogP contribution in [0.2, 0.25) is 0 Å². The standard InChI is InChI=1S/C15H32N2O2/c1-11(2)7-15(6,19)10-17-13(18)12(9-16)8-14(3,4)5/h11-12,19H,7-10,16H2,1-6H3,(H,17,18). The lowest BCUT2D eigenvalue weighted by Crippen LogP contribution is -2.45. The fraction of sp³-hybridized carbons (Fsp3) is 0.933. The molecule has 0 saturated carbocycles. The van der Waals surface area contributed by atoms with Crippen LogP contribution in [0, 0.1) is 17.3 Å². The van der Waals surface area contributed by atoms with Gasteiger partial charge in [-0.15, -0.1) is 0 Å². The number of carbonyl (C=O) groups is 1. The number of carbonyl (C=O) groups excluding carboxylic acids is 1. The Balaban J connectivity index is 4.35. The van der Waals surface area contributed by atoms with Gasteiger partial charge in [0.2, 0.25) is 5.91 Å².